The third-order valence-electron chi connectivity index (χ3n) is 3.42. The van der Waals surface area contributed by atoms with E-state index in [0.29, 0.717) is 20.9 Å². The van der Waals surface area contributed by atoms with Crippen molar-refractivity contribution in [3.8, 4) is 11.4 Å². The highest BCUT2D eigenvalue weighted by Gasteiger charge is 2.13. The Morgan fingerprint density at radius 1 is 1.43 bits per heavy atom. The van der Waals surface area contributed by atoms with E-state index in [1.165, 1.54) is 24.0 Å². The fourth-order valence-corrected chi connectivity index (χ4v) is 3.75. The van der Waals surface area contributed by atoms with Gasteiger partial charge in [-0.15, -0.1) is 10.2 Å². The van der Waals surface area contributed by atoms with Gasteiger partial charge in [0.05, 0.1) is 21.8 Å². The number of thioether (sulfide) groups is 1. The molecule has 144 valence electrons. The first-order valence-electron chi connectivity index (χ1n) is 7.78. The van der Waals surface area contributed by atoms with E-state index >= 15 is 0 Å². The SMILES string of the molecule is Cn1c(SCC(=O)NN=Cc2ccc([N+](=O)[O-])s2)nnc1-c1cccc(Cl)c1. The van der Waals surface area contributed by atoms with E-state index in [9.17, 15) is 14.9 Å². The zero-order chi connectivity index (χ0) is 20.1. The van der Waals surface area contributed by atoms with Crippen molar-refractivity contribution >= 4 is 51.8 Å². The monoisotopic (exact) mass is 436 g/mol. The molecule has 0 fully saturated rings. The smallest absolute Gasteiger partial charge is 0.305 e. The summed E-state index contributed by atoms with van der Waals surface area (Å²) in [5, 5.41) is 23.9. The number of hydrogen-bond acceptors (Lipinski definition) is 8. The van der Waals surface area contributed by atoms with E-state index < -0.39 is 4.92 Å². The molecular weight excluding hydrogens is 424 g/mol. The van der Waals surface area contributed by atoms with Crippen molar-refractivity contribution < 1.29 is 9.72 Å². The molecule has 28 heavy (non-hydrogen) atoms. The number of nitrogens with one attached hydrogen (secondary N) is 1. The minimum atomic E-state index is -0.476. The molecule has 0 aliphatic heterocycles. The molecule has 2 heterocycles. The molecule has 1 amide bonds. The first kappa shape index (κ1) is 20.0. The number of hydrogen-bond donors (Lipinski definition) is 1. The van der Waals surface area contributed by atoms with Gasteiger partial charge in [0.1, 0.15) is 0 Å². The van der Waals surface area contributed by atoms with E-state index in [1.807, 2.05) is 12.1 Å². The van der Waals surface area contributed by atoms with Crippen LogP contribution in [0.2, 0.25) is 5.02 Å². The molecule has 0 radical (unpaired) electrons. The molecule has 0 unspecified atom stereocenters. The Balaban J connectivity index is 1.54. The van der Waals surface area contributed by atoms with E-state index in [0.717, 1.165) is 16.9 Å². The van der Waals surface area contributed by atoms with Crippen LogP contribution in [-0.2, 0) is 11.8 Å². The highest BCUT2D eigenvalue weighted by Crippen LogP contribution is 2.24. The predicted octanol–water partition coefficient (Wildman–Crippen LogP) is 3.35. The highest BCUT2D eigenvalue weighted by molar-refractivity contribution is 7.99. The van der Waals surface area contributed by atoms with Gasteiger partial charge in [-0.3, -0.25) is 14.9 Å². The van der Waals surface area contributed by atoms with Crippen LogP contribution in [0.1, 0.15) is 4.88 Å². The lowest BCUT2D eigenvalue weighted by molar-refractivity contribution is -0.380. The number of nitro groups is 1. The van der Waals surface area contributed by atoms with Gasteiger partial charge in [-0.25, -0.2) is 5.43 Å². The topological polar surface area (TPSA) is 115 Å². The summed E-state index contributed by atoms with van der Waals surface area (Å²) in [4.78, 5) is 22.7. The number of aromatic nitrogens is 3. The fourth-order valence-electron chi connectivity index (χ4n) is 2.16. The van der Waals surface area contributed by atoms with Gasteiger partial charge >= 0.3 is 5.00 Å². The fraction of sp³-hybridized carbons (Fsp3) is 0.125. The van der Waals surface area contributed by atoms with Crippen LogP contribution >= 0.6 is 34.7 Å². The van der Waals surface area contributed by atoms with Crippen LogP contribution in [0.5, 0.6) is 0 Å². The zero-order valence-corrected chi connectivity index (χ0v) is 16.8. The number of carbonyl (C=O) groups is 1. The van der Waals surface area contributed by atoms with Crippen LogP contribution in [0.15, 0.2) is 46.7 Å². The third-order valence-corrected chi connectivity index (χ3v) is 5.65. The first-order chi connectivity index (χ1) is 13.4. The van der Waals surface area contributed by atoms with Crippen LogP contribution in [0.4, 0.5) is 5.00 Å². The molecule has 0 spiro atoms. The normalized spacial score (nSPS) is 11.1. The van der Waals surface area contributed by atoms with Crippen molar-refractivity contribution in [2.24, 2.45) is 12.1 Å². The number of halogens is 1. The van der Waals surface area contributed by atoms with Crippen LogP contribution in [0, 0.1) is 10.1 Å². The largest absolute Gasteiger partial charge is 0.324 e. The van der Waals surface area contributed by atoms with Crippen molar-refractivity contribution in [2.75, 3.05) is 5.75 Å². The van der Waals surface area contributed by atoms with E-state index in [1.54, 1.807) is 29.8 Å². The van der Waals surface area contributed by atoms with Gasteiger partial charge in [0, 0.05) is 23.7 Å². The lowest BCUT2D eigenvalue weighted by atomic mass is 10.2. The van der Waals surface area contributed by atoms with E-state index in [4.69, 9.17) is 11.6 Å². The van der Waals surface area contributed by atoms with Crippen molar-refractivity contribution in [3.63, 3.8) is 0 Å². The molecule has 0 saturated heterocycles. The second kappa shape index (κ2) is 8.95. The Morgan fingerprint density at radius 2 is 2.25 bits per heavy atom. The van der Waals surface area contributed by atoms with Crippen molar-refractivity contribution in [3.05, 3.63) is 56.4 Å². The number of nitrogens with zero attached hydrogens (tertiary/aromatic N) is 5. The molecule has 0 aliphatic carbocycles. The van der Waals surface area contributed by atoms with Gasteiger partial charge in [-0.05, 0) is 18.2 Å². The van der Waals surface area contributed by atoms with Gasteiger partial charge in [-0.1, -0.05) is 46.8 Å². The summed E-state index contributed by atoms with van der Waals surface area (Å²) in [5.74, 6) is 0.394. The van der Waals surface area contributed by atoms with Gasteiger partial charge in [-0.2, -0.15) is 5.10 Å². The number of rotatable bonds is 7. The van der Waals surface area contributed by atoms with Gasteiger partial charge in [0.2, 0.25) is 0 Å². The predicted molar refractivity (Wildman–Crippen MR) is 109 cm³/mol. The number of hydrazone groups is 1. The van der Waals surface area contributed by atoms with Crippen molar-refractivity contribution in [2.45, 2.75) is 5.16 Å². The number of amides is 1. The van der Waals surface area contributed by atoms with Gasteiger partial charge in [0.15, 0.2) is 11.0 Å². The second-order valence-electron chi connectivity index (χ2n) is 5.39. The maximum Gasteiger partial charge on any atom is 0.324 e. The minimum Gasteiger partial charge on any atom is -0.305 e. The summed E-state index contributed by atoms with van der Waals surface area (Å²) in [7, 11) is 1.80. The van der Waals surface area contributed by atoms with Crippen LogP contribution in [0.25, 0.3) is 11.4 Å². The van der Waals surface area contributed by atoms with E-state index in [2.05, 4.69) is 20.7 Å². The second-order valence-corrected chi connectivity index (χ2v) is 7.86. The van der Waals surface area contributed by atoms with Crippen LogP contribution in [-0.4, -0.2) is 37.6 Å². The molecule has 3 rings (SSSR count). The molecule has 12 heteroatoms. The minimum absolute atomic E-state index is 0.0149. The molecule has 3 aromatic rings. The molecular formula is C16H13ClN6O3S2. The molecule has 0 atom stereocenters. The van der Waals surface area contributed by atoms with Crippen LogP contribution < -0.4 is 5.43 Å². The summed E-state index contributed by atoms with van der Waals surface area (Å²) in [6.45, 7) is 0. The first-order valence-corrected chi connectivity index (χ1v) is 9.96. The molecule has 9 nitrogen and oxygen atoms in total. The van der Waals surface area contributed by atoms with E-state index in [-0.39, 0.29) is 16.7 Å². The Labute approximate surface area is 172 Å². The molecule has 2 aromatic heterocycles. The average molecular weight is 437 g/mol. The number of thiophene rings is 1. The molecule has 0 saturated carbocycles. The van der Waals surface area contributed by atoms with Crippen LogP contribution in [0.3, 0.4) is 0 Å². The number of carbonyl (C=O) groups excluding carboxylic acids is 1. The Morgan fingerprint density at radius 3 is 2.96 bits per heavy atom. The quantitative estimate of drug-likeness (QED) is 0.263. The Kier molecular flexibility index (Phi) is 6.39. The number of benzene rings is 1. The summed E-state index contributed by atoms with van der Waals surface area (Å²) in [5.41, 5.74) is 3.20. The summed E-state index contributed by atoms with van der Waals surface area (Å²) >= 11 is 8.19. The molecule has 1 N–H and O–H groups in total. The highest BCUT2D eigenvalue weighted by atomic mass is 35.5. The molecule has 0 aliphatic rings. The lowest BCUT2D eigenvalue weighted by Crippen LogP contribution is -2.19. The zero-order valence-electron chi connectivity index (χ0n) is 14.4. The standard InChI is InChI=1S/C16H13ClN6O3S2/c1-22-15(10-3-2-4-11(17)7-10)20-21-16(22)27-9-13(24)19-18-8-12-5-6-14(28-12)23(25)26/h2-8H,9H2,1H3,(H,19,24). The maximum atomic E-state index is 11.9. The van der Waals surface area contributed by atoms with Gasteiger partial charge < -0.3 is 4.57 Å². The molecule has 1 aromatic carbocycles. The maximum absolute atomic E-state index is 11.9. The third kappa shape index (κ3) is 4.94. The van der Waals surface area contributed by atoms with Crippen molar-refractivity contribution in [1.82, 2.24) is 20.2 Å². The molecule has 0 bridgehead atoms. The van der Waals surface area contributed by atoms with Crippen molar-refractivity contribution in [1.29, 1.82) is 0 Å². The van der Waals surface area contributed by atoms with Gasteiger partial charge in [0.25, 0.3) is 5.91 Å². The summed E-state index contributed by atoms with van der Waals surface area (Å²) < 4.78 is 1.78. The Bertz CT molecular complexity index is 1050. The average Bonchev–Trinajstić information content (AvgIpc) is 3.27. The lowest BCUT2D eigenvalue weighted by Gasteiger charge is -2.04. The summed E-state index contributed by atoms with van der Waals surface area (Å²) in [6, 6.07) is 10.2. The Hall–Kier alpha value is -2.76. The summed E-state index contributed by atoms with van der Waals surface area (Å²) in [6.07, 6.45) is 1.36.